The molecule has 0 aliphatic carbocycles. The second-order valence-electron chi connectivity index (χ2n) is 4.88. The van der Waals surface area contributed by atoms with E-state index in [0.29, 0.717) is 18.2 Å². The number of nitrogens with one attached hydrogen (secondary N) is 2. The Morgan fingerprint density at radius 1 is 1.38 bits per heavy atom. The first-order valence-corrected chi connectivity index (χ1v) is 6.61. The summed E-state index contributed by atoms with van der Waals surface area (Å²) < 4.78 is 0. The van der Waals surface area contributed by atoms with Crippen LogP contribution < -0.4 is 21.5 Å². The lowest BCUT2D eigenvalue weighted by molar-refractivity contribution is -0.115. The predicted molar refractivity (Wildman–Crippen MR) is 80.7 cm³/mol. The number of para-hydroxylation sites is 2. The molecule has 108 valence electrons. The van der Waals surface area contributed by atoms with Gasteiger partial charge >= 0.3 is 0 Å². The van der Waals surface area contributed by atoms with E-state index in [2.05, 4.69) is 20.7 Å². The molecule has 1 amide bonds. The van der Waals surface area contributed by atoms with Crippen molar-refractivity contribution >= 4 is 23.1 Å². The van der Waals surface area contributed by atoms with Crippen molar-refractivity contribution in [3.63, 3.8) is 0 Å². The molecule has 1 aliphatic rings. The van der Waals surface area contributed by atoms with Crippen LogP contribution in [0.2, 0.25) is 0 Å². The molecular weight excluding hydrogens is 268 g/mol. The Kier molecular flexibility index (Phi) is 3.41. The minimum Gasteiger partial charge on any atom is -0.353 e. The summed E-state index contributed by atoms with van der Waals surface area (Å²) in [5.41, 5.74) is 5.11. The quantitative estimate of drug-likeness (QED) is 0.575. The maximum absolute atomic E-state index is 11.8. The van der Waals surface area contributed by atoms with Gasteiger partial charge in [-0.1, -0.05) is 12.1 Å². The van der Waals surface area contributed by atoms with Crippen molar-refractivity contribution in [1.29, 1.82) is 0 Å². The van der Waals surface area contributed by atoms with Crippen LogP contribution in [0.5, 0.6) is 0 Å². The number of nitrogen functional groups attached to an aromatic ring is 1. The highest BCUT2D eigenvalue weighted by Crippen LogP contribution is 2.29. The van der Waals surface area contributed by atoms with Crippen LogP contribution in [0.1, 0.15) is 11.5 Å². The maximum atomic E-state index is 11.8. The van der Waals surface area contributed by atoms with Crippen LogP contribution in [0, 0.1) is 6.92 Å². The second-order valence-corrected chi connectivity index (χ2v) is 4.88. The zero-order valence-corrected chi connectivity index (χ0v) is 11.6. The SMILES string of the molecule is Cc1cc(NN)nc(CN2CC(=O)Nc3ccccc32)n1. The Hall–Kier alpha value is -2.67. The van der Waals surface area contributed by atoms with E-state index in [1.54, 1.807) is 6.07 Å². The smallest absolute Gasteiger partial charge is 0.243 e. The normalized spacial score (nSPS) is 13.6. The zero-order chi connectivity index (χ0) is 14.8. The number of hydrogen-bond acceptors (Lipinski definition) is 6. The van der Waals surface area contributed by atoms with Crippen LogP contribution in [0.4, 0.5) is 17.2 Å². The van der Waals surface area contributed by atoms with Crippen LogP contribution in [-0.2, 0) is 11.3 Å². The molecule has 0 saturated heterocycles. The number of nitrogens with zero attached hydrogens (tertiary/aromatic N) is 3. The van der Waals surface area contributed by atoms with Crippen LogP contribution in [0.25, 0.3) is 0 Å². The third-order valence-electron chi connectivity index (χ3n) is 3.23. The molecule has 2 heterocycles. The fourth-order valence-electron chi connectivity index (χ4n) is 2.39. The Bertz CT molecular complexity index is 687. The average Bonchev–Trinajstić information content (AvgIpc) is 2.46. The number of rotatable bonds is 3. The molecule has 1 aromatic heterocycles. The van der Waals surface area contributed by atoms with Gasteiger partial charge in [0, 0.05) is 11.8 Å². The van der Waals surface area contributed by atoms with E-state index in [1.165, 1.54) is 0 Å². The lowest BCUT2D eigenvalue weighted by Gasteiger charge is -2.30. The summed E-state index contributed by atoms with van der Waals surface area (Å²) in [4.78, 5) is 22.5. The van der Waals surface area contributed by atoms with Crippen LogP contribution in [0.15, 0.2) is 30.3 Å². The Labute approximate surface area is 122 Å². The largest absolute Gasteiger partial charge is 0.353 e. The molecule has 0 saturated carbocycles. The number of aryl methyl sites for hydroxylation is 1. The van der Waals surface area contributed by atoms with Crippen molar-refractivity contribution in [2.24, 2.45) is 5.84 Å². The molecule has 0 radical (unpaired) electrons. The average molecular weight is 284 g/mol. The molecule has 7 heteroatoms. The number of anilines is 3. The number of fused-ring (bicyclic) bond motifs is 1. The second kappa shape index (κ2) is 5.37. The van der Waals surface area contributed by atoms with Crippen molar-refractivity contribution in [2.75, 3.05) is 22.2 Å². The molecule has 0 unspecified atom stereocenters. The fraction of sp³-hybridized carbons (Fsp3) is 0.214. The maximum Gasteiger partial charge on any atom is 0.243 e. The molecule has 0 atom stereocenters. The molecule has 1 aromatic carbocycles. The number of nitrogens with two attached hydrogens (primary N) is 1. The monoisotopic (exact) mass is 284 g/mol. The summed E-state index contributed by atoms with van der Waals surface area (Å²) >= 11 is 0. The van der Waals surface area contributed by atoms with Crippen LogP contribution in [0.3, 0.4) is 0 Å². The molecule has 1 aliphatic heterocycles. The number of benzene rings is 1. The van der Waals surface area contributed by atoms with Crippen molar-refractivity contribution in [3.05, 3.63) is 41.9 Å². The number of amides is 1. The van der Waals surface area contributed by atoms with E-state index in [9.17, 15) is 4.79 Å². The molecule has 0 bridgehead atoms. The number of carbonyl (C=O) groups excluding carboxylic acids is 1. The molecule has 4 N–H and O–H groups in total. The zero-order valence-electron chi connectivity index (χ0n) is 11.6. The van der Waals surface area contributed by atoms with E-state index in [-0.39, 0.29) is 12.5 Å². The van der Waals surface area contributed by atoms with E-state index >= 15 is 0 Å². The molecule has 3 rings (SSSR count). The van der Waals surface area contributed by atoms with Gasteiger partial charge in [0.25, 0.3) is 0 Å². The van der Waals surface area contributed by atoms with Gasteiger partial charge in [0.2, 0.25) is 5.91 Å². The Balaban J connectivity index is 1.91. The highest BCUT2D eigenvalue weighted by Gasteiger charge is 2.22. The first-order chi connectivity index (χ1) is 10.2. The molecular formula is C14H16N6O. The lowest BCUT2D eigenvalue weighted by atomic mass is 10.2. The summed E-state index contributed by atoms with van der Waals surface area (Å²) in [6.45, 7) is 2.60. The van der Waals surface area contributed by atoms with Gasteiger partial charge in [0.1, 0.15) is 11.6 Å². The van der Waals surface area contributed by atoms with Gasteiger partial charge in [-0.25, -0.2) is 15.8 Å². The highest BCUT2D eigenvalue weighted by molar-refractivity contribution is 6.01. The molecule has 2 aromatic rings. The number of carbonyl (C=O) groups is 1. The van der Waals surface area contributed by atoms with Gasteiger partial charge in [-0.3, -0.25) is 4.79 Å². The first kappa shape index (κ1) is 13.3. The van der Waals surface area contributed by atoms with Crippen molar-refractivity contribution in [1.82, 2.24) is 9.97 Å². The summed E-state index contributed by atoms with van der Waals surface area (Å²) in [6, 6.07) is 9.44. The number of hydrogen-bond donors (Lipinski definition) is 3. The molecule has 0 fully saturated rings. The van der Waals surface area contributed by atoms with Crippen LogP contribution in [-0.4, -0.2) is 22.4 Å². The van der Waals surface area contributed by atoms with Gasteiger partial charge in [0.05, 0.1) is 24.5 Å². The topological polar surface area (TPSA) is 96.2 Å². The minimum atomic E-state index is -0.0430. The minimum absolute atomic E-state index is 0.0430. The first-order valence-electron chi connectivity index (χ1n) is 6.61. The molecule has 21 heavy (non-hydrogen) atoms. The van der Waals surface area contributed by atoms with Crippen molar-refractivity contribution in [3.8, 4) is 0 Å². The summed E-state index contributed by atoms with van der Waals surface area (Å²) in [6.07, 6.45) is 0. The Morgan fingerprint density at radius 2 is 2.19 bits per heavy atom. The van der Waals surface area contributed by atoms with E-state index in [4.69, 9.17) is 5.84 Å². The van der Waals surface area contributed by atoms with E-state index in [1.807, 2.05) is 36.1 Å². The summed E-state index contributed by atoms with van der Waals surface area (Å²) in [5, 5.41) is 2.86. The third-order valence-corrected chi connectivity index (χ3v) is 3.23. The lowest BCUT2D eigenvalue weighted by Crippen LogP contribution is -2.38. The number of aromatic nitrogens is 2. The fourth-order valence-corrected chi connectivity index (χ4v) is 2.39. The third kappa shape index (κ3) is 2.77. The van der Waals surface area contributed by atoms with E-state index in [0.717, 1.165) is 17.1 Å². The Morgan fingerprint density at radius 3 is 3.00 bits per heavy atom. The molecule has 7 nitrogen and oxygen atoms in total. The summed E-state index contributed by atoms with van der Waals surface area (Å²) in [7, 11) is 0. The van der Waals surface area contributed by atoms with Gasteiger partial charge in [-0.05, 0) is 19.1 Å². The summed E-state index contributed by atoms with van der Waals surface area (Å²) in [5.74, 6) is 6.54. The van der Waals surface area contributed by atoms with Gasteiger partial charge in [0.15, 0.2) is 0 Å². The van der Waals surface area contributed by atoms with Crippen molar-refractivity contribution < 1.29 is 4.79 Å². The molecule has 0 spiro atoms. The van der Waals surface area contributed by atoms with Crippen LogP contribution >= 0.6 is 0 Å². The van der Waals surface area contributed by atoms with Crippen molar-refractivity contribution in [2.45, 2.75) is 13.5 Å². The number of hydrazine groups is 1. The standard InChI is InChI=1S/C14H16N6O/c1-9-6-12(19-15)18-13(16-9)7-20-8-14(21)17-10-4-2-3-5-11(10)20/h2-6H,7-8,15H2,1H3,(H,17,21)(H,16,18,19). The predicted octanol–water partition coefficient (Wildman–Crippen LogP) is 1.03. The van der Waals surface area contributed by atoms with E-state index < -0.39 is 0 Å². The van der Waals surface area contributed by atoms with Gasteiger partial charge < -0.3 is 15.6 Å². The highest BCUT2D eigenvalue weighted by atomic mass is 16.2. The van der Waals surface area contributed by atoms with Gasteiger partial charge in [-0.2, -0.15) is 0 Å². The van der Waals surface area contributed by atoms with Gasteiger partial charge in [-0.15, -0.1) is 0 Å².